The summed E-state index contributed by atoms with van der Waals surface area (Å²) >= 11 is 0. The first kappa shape index (κ1) is 29.0. The van der Waals surface area contributed by atoms with E-state index in [1.807, 2.05) is 60.7 Å². The molecule has 2 atom stereocenters. The number of benzene rings is 3. The van der Waals surface area contributed by atoms with E-state index in [2.05, 4.69) is 16.0 Å². The van der Waals surface area contributed by atoms with Crippen molar-refractivity contribution in [1.82, 2.24) is 16.0 Å². The highest BCUT2D eigenvalue weighted by Crippen LogP contribution is 2.07. The van der Waals surface area contributed by atoms with Crippen molar-refractivity contribution in [2.45, 2.75) is 38.1 Å². The van der Waals surface area contributed by atoms with E-state index in [-0.39, 0.29) is 19.0 Å². The number of nitrogens with one attached hydrogen (secondary N) is 4. The van der Waals surface area contributed by atoms with Crippen LogP contribution < -0.4 is 21.7 Å². The third-order valence-electron chi connectivity index (χ3n) is 5.86. The van der Waals surface area contributed by atoms with Gasteiger partial charge in [0.05, 0.1) is 6.04 Å². The van der Waals surface area contributed by atoms with E-state index >= 15 is 0 Å². The Kier molecular flexibility index (Phi) is 11.1. The highest BCUT2D eigenvalue weighted by molar-refractivity contribution is 6.04. The molecule has 3 rings (SSSR count). The number of aryl methyl sites for hydroxylation is 1. The molecule has 3 aromatic rings. The quantitative estimate of drug-likeness (QED) is 0.179. The summed E-state index contributed by atoms with van der Waals surface area (Å²) in [5.74, 6) is -1.42. The highest BCUT2D eigenvalue weighted by Gasteiger charge is 2.23. The molecule has 0 fully saturated rings. The second-order valence-electron chi connectivity index (χ2n) is 8.82. The van der Waals surface area contributed by atoms with Gasteiger partial charge in [-0.05, 0) is 29.5 Å². The number of rotatable bonds is 12. The minimum Gasteiger partial charge on any atom is -0.444 e. The number of halogens is 1. The first-order valence-corrected chi connectivity index (χ1v) is 12.4. The van der Waals surface area contributed by atoms with Crippen LogP contribution in [0.3, 0.4) is 0 Å². The van der Waals surface area contributed by atoms with Gasteiger partial charge in [-0.2, -0.15) is 0 Å². The molecule has 10 heteroatoms. The van der Waals surface area contributed by atoms with Gasteiger partial charge in [0.2, 0.25) is 11.8 Å². The zero-order valence-electron chi connectivity index (χ0n) is 21.4. The Morgan fingerprint density at radius 1 is 0.846 bits per heavy atom. The fraction of sp³-hybridized carbons (Fsp3) is 0.241. The molecule has 6 N–H and O–H groups in total. The van der Waals surface area contributed by atoms with Gasteiger partial charge in [0.15, 0.2) is 0 Å². The summed E-state index contributed by atoms with van der Waals surface area (Å²) in [6.45, 7) is -0.922. The zero-order valence-corrected chi connectivity index (χ0v) is 21.4. The van der Waals surface area contributed by atoms with Crippen LogP contribution in [0.1, 0.15) is 28.7 Å². The minimum atomic E-state index is -1.36. The number of carbonyl (C=O) groups excluding carboxylic acids is 3. The molecule has 0 heterocycles. The Bertz CT molecular complexity index is 1240. The van der Waals surface area contributed by atoms with Gasteiger partial charge < -0.3 is 21.1 Å². The second kappa shape index (κ2) is 15.0. The maximum Gasteiger partial charge on any atom is 0.413 e. The van der Waals surface area contributed by atoms with Crippen molar-refractivity contribution in [3.05, 3.63) is 107 Å². The van der Waals surface area contributed by atoms with Crippen molar-refractivity contribution in [1.29, 1.82) is 5.41 Å². The Hall–Kier alpha value is -4.57. The van der Waals surface area contributed by atoms with Gasteiger partial charge in [-0.1, -0.05) is 84.9 Å². The molecule has 1 unspecified atom stereocenters. The predicted octanol–water partition coefficient (Wildman–Crippen LogP) is 2.97. The summed E-state index contributed by atoms with van der Waals surface area (Å²) in [6.07, 6.45) is 0.191. The molecule has 0 spiro atoms. The van der Waals surface area contributed by atoms with Crippen LogP contribution in [0, 0.1) is 5.41 Å². The number of alkyl halides is 1. The third kappa shape index (κ3) is 9.67. The molecule has 39 heavy (non-hydrogen) atoms. The number of hydrogen-bond donors (Lipinski definition) is 5. The number of alkyl carbamates (subject to hydrolysis) is 1. The minimum absolute atomic E-state index is 0.0748. The first-order valence-electron chi connectivity index (χ1n) is 12.4. The summed E-state index contributed by atoms with van der Waals surface area (Å²) in [4.78, 5) is 36.8. The lowest BCUT2D eigenvalue weighted by Gasteiger charge is -2.18. The van der Waals surface area contributed by atoms with Crippen molar-refractivity contribution < 1.29 is 23.5 Å². The molecule has 0 aliphatic carbocycles. The molecule has 9 nitrogen and oxygen atoms in total. The molecular weight excluding hydrogens is 501 g/mol. The van der Waals surface area contributed by atoms with E-state index in [1.165, 1.54) is 0 Å². The lowest BCUT2D eigenvalue weighted by molar-refractivity contribution is -0.130. The number of amidine groups is 1. The third-order valence-corrected chi connectivity index (χ3v) is 5.86. The highest BCUT2D eigenvalue weighted by atomic mass is 19.1. The van der Waals surface area contributed by atoms with Gasteiger partial charge in [0.1, 0.15) is 25.2 Å². The van der Waals surface area contributed by atoms with Gasteiger partial charge in [-0.3, -0.25) is 20.3 Å². The zero-order chi connectivity index (χ0) is 28.0. The number of carbonyl (C=O) groups is 3. The SMILES string of the molecule is N=C(NC(=O)OCc1ccccc1)c1ccc(CNC(=O)C(CF)NC(=O)[C@H](N)CCc2ccccc2)cc1. The average Bonchev–Trinajstić information content (AvgIpc) is 2.97. The first-order chi connectivity index (χ1) is 18.9. The van der Waals surface area contributed by atoms with Gasteiger partial charge in [0.25, 0.3) is 0 Å². The number of ether oxygens (including phenoxy) is 1. The van der Waals surface area contributed by atoms with E-state index in [1.54, 1.807) is 24.3 Å². The van der Waals surface area contributed by atoms with Gasteiger partial charge in [-0.15, -0.1) is 0 Å². The smallest absolute Gasteiger partial charge is 0.413 e. The van der Waals surface area contributed by atoms with E-state index in [0.29, 0.717) is 24.0 Å². The van der Waals surface area contributed by atoms with Crippen molar-refractivity contribution in [3.63, 3.8) is 0 Å². The van der Waals surface area contributed by atoms with Gasteiger partial charge >= 0.3 is 6.09 Å². The van der Waals surface area contributed by atoms with Crippen LogP contribution in [0.4, 0.5) is 9.18 Å². The maximum atomic E-state index is 13.5. The molecular formula is C29H32FN5O4. The summed E-state index contributed by atoms with van der Waals surface area (Å²) in [5, 5.41) is 15.4. The summed E-state index contributed by atoms with van der Waals surface area (Å²) < 4.78 is 18.6. The molecule has 0 aliphatic rings. The Balaban J connectivity index is 1.41. The van der Waals surface area contributed by atoms with E-state index in [9.17, 15) is 18.8 Å². The van der Waals surface area contributed by atoms with Crippen LogP contribution in [0.5, 0.6) is 0 Å². The molecule has 0 bridgehead atoms. The topological polar surface area (TPSA) is 146 Å². The summed E-state index contributed by atoms with van der Waals surface area (Å²) in [6, 6.07) is 23.0. The van der Waals surface area contributed by atoms with E-state index in [4.69, 9.17) is 15.9 Å². The monoisotopic (exact) mass is 533 g/mol. The van der Waals surface area contributed by atoms with Crippen molar-refractivity contribution >= 4 is 23.7 Å². The largest absolute Gasteiger partial charge is 0.444 e. The Morgan fingerprint density at radius 3 is 2.08 bits per heavy atom. The normalized spacial score (nSPS) is 12.1. The number of nitrogens with two attached hydrogens (primary N) is 1. The Morgan fingerprint density at radius 2 is 1.46 bits per heavy atom. The molecule has 0 saturated carbocycles. The van der Waals surface area contributed by atoms with Gasteiger partial charge in [-0.25, -0.2) is 9.18 Å². The Labute approximate surface area is 226 Å². The summed E-state index contributed by atoms with van der Waals surface area (Å²) in [5.41, 5.74) is 8.89. The predicted molar refractivity (Wildman–Crippen MR) is 146 cm³/mol. The standard InChI is InChI=1S/C29H32FN5O4/c30-17-25(34-27(36)24(31)16-13-20-7-3-1-4-8-20)28(37)33-18-21-11-14-23(15-12-21)26(32)35-29(38)39-19-22-9-5-2-6-10-22/h1-12,14-15,24-25H,13,16-19,31H2,(H,33,37)(H,34,36)(H2,32,35,38)/t24-,25?/m1/s1. The van der Waals surface area contributed by atoms with Crippen LogP contribution in [0.25, 0.3) is 0 Å². The molecule has 0 aliphatic heterocycles. The summed E-state index contributed by atoms with van der Waals surface area (Å²) in [7, 11) is 0. The second-order valence-corrected chi connectivity index (χ2v) is 8.82. The van der Waals surface area contributed by atoms with Crippen LogP contribution in [-0.4, -0.2) is 42.5 Å². The van der Waals surface area contributed by atoms with E-state index < -0.39 is 36.7 Å². The lowest BCUT2D eigenvalue weighted by atomic mass is 10.1. The molecule has 3 amide bonds. The average molecular weight is 534 g/mol. The molecule has 204 valence electrons. The fourth-order valence-electron chi connectivity index (χ4n) is 3.59. The molecule has 0 radical (unpaired) electrons. The lowest BCUT2D eigenvalue weighted by Crippen LogP contribution is -2.52. The van der Waals surface area contributed by atoms with Crippen LogP contribution >= 0.6 is 0 Å². The van der Waals surface area contributed by atoms with Crippen LogP contribution in [-0.2, 0) is 33.9 Å². The molecule has 0 saturated heterocycles. The fourth-order valence-corrected chi connectivity index (χ4v) is 3.59. The van der Waals surface area contributed by atoms with Crippen LogP contribution in [0.2, 0.25) is 0 Å². The van der Waals surface area contributed by atoms with Crippen molar-refractivity contribution in [3.8, 4) is 0 Å². The van der Waals surface area contributed by atoms with Crippen LogP contribution in [0.15, 0.2) is 84.9 Å². The van der Waals surface area contributed by atoms with E-state index in [0.717, 1.165) is 11.1 Å². The maximum absolute atomic E-state index is 13.5. The molecule has 3 aromatic carbocycles. The van der Waals surface area contributed by atoms with Crippen molar-refractivity contribution in [2.75, 3.05) is 6.67 Å². The van der Waals surface area contributed by atoms with Gasteiger partial charge in [0, 0.05) is 12.1 Å². The number of amides is 3. The van der Waals surface area contributed by atoms with Crippen molar-refractivity contribution in [2.24, 2.45) is 5.73 Å². The molecule has 0 aromatic heterocycles. The number of hydrogen-bond acceptors (Lipinski definition) is 6.